The van der Waals surface area contributed by atoms with Crippen LogP contribution in [0.15, 0.2) is 9.98 Å². The van der Waals surface area contributed by atoms with Crippen molar-refractivity contribution in [1.82, 2.24) is 9.80 Å². The number of hydrogen-bond acceptors (Lipinski definition) is 6. The first-order valence-corrected chi connectivity index (χ1v) is 8.71. The minimum atomic E-state index is 0.351. The highest BCUT2D eigenvalue weighted by atomic mass is 16.5. The van der Waals surface area contributed by atoms with E-state index >= 15 is 0 Å². The van der Waals surface area contributed by atoms with E-state index in [1.54, 1.807) is 0 Å². The molecule has 22 heavy (non-hydrogen) atoms. The van der Waals surface area contributed by atoms with Gasteiger partial charge in [0.2, 0.25) is 0 Å². The lowest BCUT2D eigenvalue weighted by Gasteiger charge is -2.30. The molecule has 3 aliphatic heterocycles. The van der Waals surface area contributed by atoms with Gasteiger partial charge in [-0.05, 0) is 25.7 Å². The lowest BCUT2D eigenvalue weighted by atomic mass is 10.2. The molecule has 0 aromatic heterocycles. The Labute approximate surface area is 133 Å². The molecule has 0 aromatic carbocycles. The molecule has 1 fully saturated rings. The summed E-state index contributed by atoms with van der Waals surface area (Å²) in [6.45, 7) is 9.81. The number of amidine groups is 2. The van der Waals surface area contributed by atoms with Crippen LogP contribution < -0.4 is 0 Å². The SMILES string of the molecule is CC[C@H]1COC(N2CCCN(C3=N[C@@H](CC)CO3)CCC2)=N1. The third-order valence-electron chi connectivity index (χ3n) is 4.59. The van der Waals surface area contributed by atoms with Crippen LogP contribution >= 0.6 is 0 Å². The average molecular weight is 308 g/mol. The van der Waals surface area contributed by atoms with Crippen LogP contribution in [0.2, 0.25) is 0 Å². The van der Waals surface area contributed by atoms with Gasteiger partial charge in [-0.1, -0.05) is 13.8 Å². The highest BCUT2D eigenvalue weighted by molar-refractivity contribution is 5.76. The van der Waals surface area contributed by atoms with Crippen LogP contribution in [0.5, 0.6) is 0 Å². The summed E-state index contributed by atoms with van der Waals surface area (Å²) in [5.41, 5.74) is 0. The Balaban J connectivity index is 1.52. The summed E-state index contributed by atoms with van der Waals surface area (Å²) in [7, 11) is 0. The molecule has 3 aliphatic rings. The molecule has 1 saturated heterocycles. The van der Waals surface area contributed by atoms with Crippen molar-refractivity contribution in [3.8, 4) is 0 Å². The smallest absolute Gasteiger partial charge is 0.287 e. The predicted octanol–water partition coefficient (Wildman–Crippen LogP) is 1.71. The first-order valence-electron chi connectivity index (χ1n) is 8.71. The number of ether oxygens (including phenoxy) is 2. The monoisotopic (exact) mass is 308 g/mol. The maximum Gasteiger partial charge on any atom is 0.287 e. The first-order chi connectivity index (χ1) is 10.8. The van der Waals surface area contributed by atoms with Crippen LogP contribution in [0.4, 0.5) is 0 Å². The molecule has 0 spiro atoms. The van der Waals surface area contributed by atoms with Crippen LogP contribution in [0, 0.1) is 0 Å². The molecule has 3 rings (SSSR count). The minimum Gasteiger partial charge on any atom is -0.463 e. The predicted molar refractivity (Wildman–Crippen MR) is 87.3 cm³/mol. The van der Waals surface area contributed by atoms with Gasteiger partial charge in [-0.2, -0.15) is 0 Å². The summed E-state index contributed by atoms with van der Waals surface area (Å²) in [6, 6.07) is 2.43. The van der Waals surface area contributed by atoms with Crippen molar-refractivity contribution < 1.29 is 9.47 Å². The molecule has 0 unspecified atom stereocenters. The van der Waals surface area contributed by atoms with E-state index in [1.165, 1.54) is 0 Å². The van der Waals surface area contributed by atoms with E-state index in [4.69, 9.17) is 9.47 Å². The summed E-state index contributed by atoms with van der Waals surface area (Å²) >= 11 is 0. The minimum absolute atomic E-state index is 0.351. The van der Waals surface area contributed by atoms with Gasteiger partial charge >= 0.3 is 0 Å². The van der Waals surface area contributed by atoms with Crippen molar-refractivity contribution in [3.63, 3.8) is 0 Å². The van der Waals surface area contributed by atoms with Gasteiger partial charge in [-0.25, -0.2) is 9.98 Å². The zero-order valence-electron chi connectivity index (χ0n) is 13.8. The molecule has 0 bridgehead atoms. The Morgan fingerprint density at radius 1 is 0.818 bits per heavy atom. The Bertz CT molecular complexity index is 390. The Morgan fingerprint density at radius 2 is 1.23 bits per heavy atom. The van der Waals surface area contributed by atoms with Crippen molar-refractivity contribution >= 4 is 12.0 Å². The highest BCUT2D eigenvalue weighted by Gasteiger charge is 2.26. The number of nitrogens with zero attached hydrogens (tertiary/aromatic N) is 4. The second-order valence-electron chi connectivity index (χ2n) is 6.25. The van der Waals surface area contributed by atoms with Crippen molar-refractivity contribution in [2.75, 3.05) is 39.4 Å². The molecule has 0 saturated carbocycles. The average Bonchev–Trinajstić information content (AvgIpc) is 3.16. The Morgan fingerprint density at radius 3 is 1.55 bits per heavy atom. The largest absolute Gasteiger partial charge is 0.463 e. The fourth-order valence-corrected chi connectivity index (χ4v) is 3.08. The molecule has 6 heteroatoms. The van der Waals surface area contributed by atoms with E-state index in [-0.39, 0.29) is 0 Å². The van der Waals surface area contributed by atoms with Gasteiger partial charge in [0.15, 0.2) is 0 Å². The van der Waals surface area contributed by atoms with E-state index in [0.29, 0.717) is 12.1 Å². The Hall–Kier alpha value is -1.46. The van der Waals surface area contributed by atoms with E-state index in [2.05, 4.69) is 33.6 Å². The molecule has 3 heterocycles. The summed E-state index contributed by atoms with van der Waals surface area (Å²) < 4.78 is 11.5. The van der Waals surface area contributed by atoms with Crippen molar-refractivity contribution in [1.29, 1.82) is 0 Å². The standard InChI is InChI=1S/C16H28N4O2/c1-3-13-11-21-15(17-13)19-7-5-9-20(10-6-8-19)16-18-14(4-2)12-22-16/h13-14H,3-12H2,1-2H3/t13-,14-/m0/s1. The molecule has 0 radical (unpaired) electrons. The number of aliphatic imine (C=N–C) groups is 2. The lowest BCUT2D eigenvalue weighted by Crippen LogP contribution is -2.42. The van der Waals surface area contributed by atoms with Crippen molar-refractivity contribution in [3.05, 3.63) is 0 Å². The van der Waals surface area contributed by atoms with Crippen molar-refractivity contribution in [2.45, 2.75) is 51.6 Å². The van der Waals surface area contributed by atoms with Crippen LogP contribution in [0.3, 0.4) is 0 Å². The van der Waals surface area contributed by atoms with Crippen LogP contribution in [-0.4, -0.2) is 73.3 Å². The van der Waals surface area contributed by atoms with Crippen molar-refractivity contribution in [2.24, 2.45) is 9.98 Å². The maximum atomic E-state index is 5.76. The molecule has 0 amide bonds. The second-order valence-corrected chi connectivity index (χ2v) is 6.25. The van der Waals surface area contributed by atoms with E-state index < -0.39 is 0 Å². The normalized spacial score (nSPS) is 29.4. The van der Waals surface area contributed by atoms with Gasteiger partial charge in [0, 0.05) is 26.2 Å². The van der Waals surface area contributed by atoms with Gasteiger partial charge in [-0.15, -0.1) is 0 Å². The molecule has 6 nitrogen and oxygen atoms in total. The van der Waals surface area contributed by atoms with Crippen LogP contribution in [0.25, 0.3) is 0 Å². The van der Waals surface area contributed by atoms with Crippen LogP contribution in [0.1, 0.15) is 39.5 Å². The van der Waals surface area contributed by atoms with Gasteiger partial charge in [0.05, 0.1) is 12.1 Å². The summed E-state index contributed by atoms with van der Waals surface area (Å²) in [5, 5.41) is 0. The maximum absolute atomic E-state index is 5.76. The third-order valence-corrected chi connectivity index (χ3v) is 4.59. The molecule has 0 aromatic rings. The fourth-order valence-electron chi connectivity index (χ4n) is 3.08. The molecular weight excluding hydrogens is 280 g/mol. The van der Waals surface area contributed by atoms with Gasteiger partial charge < -0.3 is 19.3 Å². The first kappa shape index (κ1) is 15.4. The third kappa shape index (κ3) is 3.47. The van der Waals surface area contributed by atoms with Gasteiger partial charge in [0.1, 0.15) is 13.2 Å². The Kier molecular flexibility index (Phi) is 5.05. The topological polar surface area (TPSA) is 49.7 Å². The number of rotatable bonds is 2. The zero-order valence-corrected chi connectivity index (χ0v) is 13.8. The second kappa shape index (κ2) is 7.20. The molecular formula is C16H28N4O2. The van der Waals surface area contributed by atoms with E-state index in [0.717, 1.165) is 77.1 Å². The quantitative estimate of drug-likeness (QED) is 0.779. The lowest BCUT2D eigenvalue weighted by molar-refractivity contribution is 0.205. The molecule has 0 aliphatic carbocycles. The molecule has 124 valence electrons. The summed E-state index contributed by atoms with van der Waals surface area (Å²) in [6.07, 6.45) is 4.28. The molecule has 0 N–H and O–H groups in total. The molecule has 2 atom stereocenters. The van der Waals surface area contributed by atoms with Crippen LogP contribution in [-0.2, 0) is 9.47 Å². The fraction of sp³-hybridized carbons (Fsp3) is 0.875. The van der Waals surface area contributed by atoms with E-state index in [9.17, 15) is 0 Å². The highest BCUT2D eigenvalue weighted by Crippen LogP contribution is 2.16. The van der Waals surface area contributed by atoms with Gasteiger partial charge in [-0.3, -0.25) is 0 Å². The number of hydrogen-bond donors (Lipinski definition) is 0. The summed E-state index contributed by atoms with van der Waals surface area (Å²) in [5.74, 6) is 0. The van der Waals surface area contributed by atoms with Gasteiger partial charge in [0.25, 0.3) is 12.0 Å². The zero-order chi connectivity index (χ0) is 15.4. The summed E-state index contributed by atoms with van der Waals surface area (Å²) in [4.78, 5) is 14.0. The van der Waals surface area contributed by atoms with E-state index in [1.807, 2.05) is 0 Å².